The number of carboxylic acid groups (broad SMARTS) is 1. The van der Waals surface area contributed by atoms with Crippen molar-refractivity contribution in [1.82, 2.24) is 4.57 Å². The molecule has 0 spiro atoms. The summed E-state index contributed by atoms with van der Waals surface area (Å²) in [5.74, 6) is -0.539. The van der Waals surface area contributed by atoms with E-state index in [1.54, 1.807) is 36.5 Å². The van der Waals surface area contributed by atoms with Crippen LogP contribution in [0.15, 0.2) is 72.9 Å². The molecule has 5 heteroatoms. The van der Waals surface area contributed by atoms with E-state index in [9.17, 15) is 9.59 Å². The van der Waals surface area contributed by atoms with Gasteiger partial charge in [-0.3, -0.25) is 4.79 Å². The number of ether oxygens (including phenoxy) is 1. The van der Waals surface area contributed by atoms with Crippen LogP contribution in [0.3, 0.4) is 0 Å². The van der Waals surface area contributed by atoms with Crippen LogP contribution in [0.25, 0.3) is 0 Å². The molecule has 0 bridgehead atoms. The van der Waals surface area contributed by atoms with E-state index < -0.39 is 5.97 Å². The Balaban J connectivity index is 1.62. The van der Waals surface area contributed by atoms with Crippen LogP contribution in [0.4, 0.5) is 0 Å². The highest BCUT2D eigenvalue weighted by Crippen LogP contribution is 2.15. The Morgan fingerprint density at radius 3 is 2.32 bits per heavy atom. The highest BCUT2D eigenvalue weighted by atomic mass is 16.5. The van der Waals surface area contributed by atoms with Gasteiger partial charge in [-0.1, -0.05) is 30.3 Å². The zero-order valence-corrected chi connectivity index (χ0v) is 13.5. The first-order valence-electron chi connectivity index (χ1n) is 7.82. The van der Waals surface area contributed by atoms with E-state index in [4.69, 9.17) is 9.84 Å². The Morgan fingerprint density at radius 1 is 0.920 bits per heavy atom. The first-order valence-corrected chi connectivity index (χ1v) is 7.82. The number of carbonyl (C=O) groups excluding carboxylic acids is 1. The van der Waals surface area contributed by atoms with Crippen LogP contribution in [0.1, 0.15) is 26.4 Å². The summed E-state index contributed by atoms with van der Waals surface area (Å²) in [6.07, 6.45) is 1.58. The van der Waals surface area contributed by atoms with E-state index in [1.807, 2.05) is 30.3 Å². The standard InChI is InChI=1S/C20H17NO4/c22-19(13-21-12-4-7-18(21)20(23)24)16-8-10-17(11-9-16)25-14-15-5-2-1-3-6-15/h1-12H,13-14H2,(H,23,24). The fourth-order valence-corrected chi connectivity index (χ4v) is 2.47. The van der Waals surface area contributed by atoms with Crippen molar-refractivity contribution in [3.63, 3.8) is 0 Å². The van der Waals surface area contributed by atoms with Crippen molar-refractivity contribution in [3.05, 3.63) is 89.7 Å². The maximum absolute atomic E-state index is 12.3. The van der Waals surface area contributed by atoms with Crippen molar-refractivity contribution in [2.75, 3.05) is 0 Å². The third-order valence-corrected chi connectivity index (χ3v) is 3.79. The van der Waals surface area contributed by atoms with Gasteiger partial charge in [0, 0.05) is 11.8 Å². The molecule has 0 saturated carbocycles. The Bertz CT molecular complexity index is 866. The minimum Gasteiger partial charge on any atom is -0.489 e. The summed E-state index contributed by atoms with van der Waals surface area (Å²) < 4.78 is 7.11. The SMILES string of the molecule is O=C(Cn1cccc1C(=O)O)c1ccc(OCc2ccccc2)cc1. The van der Waals surface area contributed by atoms with Crippen molar-refractivity contribution >= 4 is 11.8 Å². The number of ketones is 1. The summed E-state index contributed by atoms with van der Waals surface area (Å²) in [6.45, 7) is 0.443. The van der Waals surface area contributed by atoms with Gasteiger partial charge < -0.3 is 14.4 Å². The lowest BCUT2D eigenvalue weighted by Gasteiger charge is -2.08. The van der Waals surface area contributed by atoms with Gasteiger partial charge >= 0.3 is 5.97 Å². The van der Waals surface area contributed by atoms with Gasteiger partial charge in [-0.25, -0.2) is 4.79 Å². The molecule has 3 rings (SSSR count). The lowest BCUT2D eigenvalue weighted by molar-refractivity contribution is 0.0685. The van der Waals surface area contributed by atoms with Gasteiger partial charge in [-0.15, -0.1) is 0 Å². The lowest BCUT2D eigenvalue weighted by Crippen LogP contribution is -2.14. The molecule has 0 fully saturated rings. The van der Waals surface area contributed by atoms with E-state index in [-0.39, 0.29) is 18.0 Å². The predicted molar refractivity (Wildman–Crippen MR) is 92.9 cm³/mol. The van der Waals surface area contributed by atoms with Crippen molar-refractivity contribution in [1.29, 1.82) is 0 Å². The van der Waals surface area contributed by atoms with Crippen molar-refractivity contribution in [2.24, 2.45) is 0 Å². The number of hydrogen-bond acceptors (Lipinski definition) is 3. The van der Waals surface area contributed by atoms with Crippen LogP contribution in [0.5, 0.6) is 5.75 Å². The molecular weight excluding hydrogens is 318 g/mol. The number of aromatic carboxylic acids is 1. The number of Topliss-reactive ketones (excluding diaryl/α,β-unsaturated/α-hetero) is 1. The normalized spacial score (nSPS) is 10.4. The number of rotatable bonds is 7. The maximum atomic E-state index is 12.3. The average Bonchev–Trinajstić information content (AvgIpc) is 3.09. The molecule has 5 nitrogen and oxygen atoms in total. The molecule has 0 unspecified atom stereocenters. The van der Waals surface area contributed by atoms with E-state index in [0.29, 0.717) is 17.9 Å². The summed E-state index contributed by atoms with van der Waals surface area (Å²) in [6, 6.07) is 19.7. The molecule has 0 aliphatic rings. The van der Waals surface area contributed by atoms with Crippen molar-refractivity contribution in [2.45, 2.75) is 13.2 Å². The molecule has 126 valence electrons. The van der Waals surface area contributed by atoms with E-state index >= 15 is 0 Å². The van der Waals surface area contributed by atoms with Gasteiger partial charge in [0.15, 0.2) is 5.78 Å². The molecule has 25 heavy (non-hydrogen) atoms. The number of carboxylic acids is 1. The van der Waals surface area contributed by atoms with Gasteiger partial charge in [-0.05, 0) is 42.0 Å². The van der Waals surface area contributed by atoms with Crippen molar-refractivity contribution in [3.8, 4) is 5.75 Å². The third kappa shape index (κ3) is 4.14. The second-order valence-corrected chi connectivity index (χ2v) is 5.55. The summed E-state index contributed by atoms with van der Waals surface area (Å²) >= 11 is 0. The van der Waals surface area contributed by atoms with Gasteiger partial charge in [0.2, 0.25) is 0 Å². The molecule has 0 atom stereocenters. The quantitative estimate of drug-likeness (QED) is 0.669. The largest absolute Gasteiger partial charge is 0.489 e. The molecule has 0 amide bonds. The smallest absolute Gasteiger partial charge is 0.352 e. The predicted octanol–water partition coefficient (Wildman–Crippen LogP) is 3.65. The van der Waals surface area contributed by atoms with Crippen LogP contribution in [0.2, 0.25) is 0 Å². The van der Waals surface area contributed by atoms with Gasteiger partial charge in [0.05, 0.1) is 6.54 Å². The zero-order valence-electron chi connectivity index (χ0n) is 13.5. The Kier molecular flexibility index (Phi) is 4.95. The Hall–Kier alpha value is -3.34. The molecule has 0 aliphatic carbocycles. The molecule has 2 aromatic carbocycles. The molecule has 0 radical (unpaired) electrons. The number of benzene rings is 2. The number of nitrogens with zero attached hydrogens (tertiary/aromatic N) is 1. The third-order valence-electron chi connectivity index (χ3n) is 3.79. The van der Waals surface area contributed by atoms with E-state index in [0.717, 1.165) is 5.56 Å². The molecule has 0 aliphatic heterocycles. The maximum Gasteiger partial charge on any atom is 0.352 e. The number of carbonyl (C=O) groups is 2. The first kappa shape index (κ1) is 16.5. The summed E-state index contributed by atoms with van der Waals surface area (Å²) in [7, 11) is 0. The molecule has 1 N–H and O–H groups in total. The average molecular weight is 335 g/mol. The van der Waals surface area contributed by atoms with Gasteiger partial charge in [0.1, 0.15) is 18.1 Å². The second kappa shape index (κ2) is 7.49. The highest BCUT2D eigenvalue weighted by Gasteiger charge is 2.13. The van der Waals surface area contributed by atoms with Crippen LogP contribution in [-0.2, 0) is 13.2 Å². The minimum absolute atomic E-state index is 0.0150. The van der Waals surface area contributed by atoms with E-state index in [2.05, 4.69) is 0 Å². The van der Waals surface area contributed by atoms with Crippen LogP contribution < -0.4 is 4.74 Å². The zero-order chi connectivity index (χ0) is 17.6. The summed E-state index contributed by atoms with van der Waals surface area (Å²) in [5.41, 5.74) is 1.67. The summed E-state index contributed by atoms with van der Waals surface area (Å²) in [4.78, 5) is 23.4. The molecule has 0 saturated heterocycles. The van der Waals surface area contributed by atoms with Crippen LogP contribution >= 0.6 is 0 Å². The Morgan fingerprint density at radius 2 is 1.64 bits per heavy atom. The fourth-order valence-electron chi connectivity index (χ4n) is 2.47. The molecular formula is C20H17NO4. The minimum atomic E-state index is -1.05. The lowest BCUT2D eigenvalue weighted by atomic mass is 10.1. The topological polar surface area (TPSA) is 68.5 Å². The second-order valence-electron chi connectivity index (χ2n) is 5.55. The van der Waals surface area contributed by atoms with Crippen LogP contribution in [0, 0.1) is 0 Å². The van der Waals surface area contributed by atoms with E-state index in [1.165, 1.54) is 10.6 Å². The van der Waals surface area contributed by atoms with Gasteiger partial charge in [0.25, 0.3) is 0 Å². The molecule has 3 aromatic rings. The monoisotopic (exact) mass is 335 g/mol. The Labute approximate surface area is 145 Å². The molecule has 1 heterocycles. The van der Waals surface area contributed by atoms with Crippen LogP contribution in [-0.4, -0.2) is 21.4 Å². The summed E-state index contributed by atoms with van der Waals surface area (Å²) in [5, 5.41) is 9.08. The molecule has 1 aromatic heterocycles. The number of aromatic nitrogens is 1. The number of hydrogen-bond donors (Lipinski definition) is 1. The van der Waals surface area contributed by atoms with Gasteiger partial charge in [-0.2, -0.15) is 0 Å². The first-order chi connectivity index (χ1) is 12.1. The fraction of sp³-hybridized carbons (Fsp3) is 0.100. The van der Waals surface area contributed by atoms with Crippen molar-refractivity contribution < 1.29 is 19.4 Å². The highest BCUT2D eigenvalue weighted by molar-refractivity contribution is 5.96.